The van der Waals surface area contributed by atoms with E-state index in [4.69, 9.17) is 9.15 Å². The van der Waals surface area contributed by atoms with E-state index >= 15 is 0 Å². The Morgan fingerprint density at radius 1 is 1.26 bits per heavy atom. The van der Waals surface area contributed by atoms with Gasteiger partial charge < -0.3 is 9.15 Å². The van der Waals surface area contributed by atoms with Crippen molar-refractivity contribution in [3.05, 3.63) is 60.1 Å². The van der Waals surface area contributed by atoms with E-state index in [1.165, 1.54) is 0 Å². The van der Waals surface area contributed by atoms with Crippen LogP contribution in [0.5, 0.6) is 5.75 Å². The molecule has 0 bridgehead atoms. The third-order valence-corrected chi connectivity index (χ3v) is 3.35. The van der Waals surface area contributed by atoms with Crippen LogP contribution in [0.15, 0.2) is 58.3 Å². The molecule has 0 aliphatic rings. The lowest BCUT2D eigenvalue weighted by Crippen LogP contribution is -2.19. The minimum atomic E-state index is -0.305. The smallest absolute Gasteiger partial charge is 0.271 e. The molecule has 0 saturated carbocycles. The summed E-state index contributed by atoms with van der Waals surface area (Å²) >= 11 is 0. The molecule has 1 aromatic carbocycles. The predicted molar refractivity (Wildman–Crippen MR) is 86.7 cm³/mol. The molecule has 2 aromatic heterocycles. The number of hydrazone groups is 1. The van der Waals surface area contributed by atoms with Gasteiger partial charge in [0.05, 0.1) is 7.11 Å². The van der Waals surface area contributed by atoms with Gasteiger partial charge in [-0.1, -0.05) is 12.1 Å². The lowest BCUT2D eigenvalue weighted by molar-refractivity contribution is 0.0954. The molecule has 3 rings (SSSR count). The number of hydrogen-bond donors (Lipinski definition) is 1. The Balaban J connectivity index is 1.82. The third-order valence-electron chi connectivity index (χ3n) is 3.35. The minimum Gasteiger partial charge on any atom is -0.493 e. The first kappa shape index (κ1) is 14.8. The standard InChI is InChI=1S/C17H15N3O3/c1-11(19-20-17(21)12-6-8-18-9-7-12)15-10-13-4-3-5-14(22-2)16(13)23-15/h3-10H,1-2H3,(H,20,21)/b19-11-. The number of amides is 1. The average molecular weight is 309 g/mol. The highest BCUT2D eigenvalue weighted by atomic mass is 16.5. The molecule has 23 heavy (non-hydrogen) atoms. The molecule has 0 fully saturated rings. The van der Waals surface area contributed by atoms with E-state index in [0.29, 0.717) is 28.4 Å². The third kappa shape index (κ3) is 3.06. The van der Waals surface area contributed by atoms with Crippen molar-refractivity contribution in [3.63, 3.8) is 0 Å². The minimum absolute atomic E-state index is 0.305. The lowest BCUT2D eigenvalue weighted by Gasteiger charge is -2.01. The first-order chi connectivity index (χ1) is 11.2. The summed E-state index contributed by atoms with van der Waals surface area (Å²) in [5.41, 5.74) is 4.20. The number of hydrogen-bond acceptors (Lipinski definition) is 5. The zero-order valence-electron chi connectivity index (χ0n) is 12.7. The number of nitrogens with one attached hydrogen (secondary N) is 1. The van der Waals surface area contributed by atoms with Crippen LogP contribution in [0.3, 0.4) is 0 Å². The molecule has 0 atom stereocenters. The number of rotatable bonds is 4. The van der Waals surface area contributed by atoms with E-state index in [-0.39, 0.29) is 5.91 Å². The number of benzene rings is 1. The maximum absolute atomic E-state index is 12.0. The van der Waals surface area contributed by atoms with Gasteiger partial charge in [-0.15, -0.1) is 0 Å². The summed E-state index contributed by atoms with van der Waals surface area (Å²) < 4.78 is 11.0. The number of pyridine rings is 1. The maximum Gasteiger partial charge on any atom is 0.271 e. The Morgan fingerprint density at radius 3 is 2.78 bits per heavy atom. The Kier molecular flexibility index (Phi) is 4.05. The van der Waals surface area contributed by atoms with Gasteiger partial charge in [0.2, 0.25) is 0 Å². The van der Waals surface area contributed by atoms with Crippen LogP contribution in [0.25, 0.3) is 11.0 Å². The largest absolute Gasteiger partial charge is 0.493 e. The van der Waals surface area contributed by atoms with Crippen molar-refractivity contribution in [1.82, 2.24) is 10.4 Å². The van der Waals surface area contributed by atoms with Gasteiger partial charge in [0.25, 0.3) is 5.91 Å². The fourth-order valence-corrected chi connectivity index (χ4v) is 2.13. The summed E-state index contributed by atoms with van der Waals surface area (Å²) in [4.78, 5) is 15.8. The second-order valence-corrected chi connectivity index (χ2v) is 4.86. The highest BCUT2D eigenvalue weighted by Gasteiger charge is 2.11. The van der Waals surface area contributed by atoms with E-state index in [9.17, 15) is 4.79 Å². The topological polar surface area (TPSA) is 76.7 Å². The Labute approximate surface area is 132 Å². The van der Waals surface area contributed by atoms with Gasteiger partial charge in [0, 0.05) is 23.3 Å². The molecule has 0 aliphatic carbocycles. The van der Waals surface area contributed by atoms with Gasteiger partial charge in [-0.2, -0.15) is 5.10 Å². The van der Waals surface area contributed by atoms with Crippen molar-refractivity contribution in [3.8, 4) is 5.75 Å². The van der Waals surface area contributed by atoms with E-state index in [1.807, 2.05) is 24.3 Å². The van der Waals surface area contributed by atoms with Crippen molar-refractivity contribution >= 4 is 22.6 Å². The lowest BCUT2D eigenvalue weighted by atomic mass is 10.2. The second kappa shape index (κ2) is 6.31. The molecule has 1 N–H and O–H groups in total. The second-order valence-electron chi connectivity index (χ2n) is 4.86. The zero-order chi connectivity index (χ0) is 16.2. The molecule has 0 radical (unpaired) electrons. The molecule has 6 nitrogen and oxygen atoms in total. The van der Waals surface area contributed by atoms with Crippen LogP contribution in [0.1, 0.15) is 23.0 Å². The number of para-hydroxylation sites is 1. The number of nitrogens with zero attached hydrogens (tertiary/aromatic N) is 2. The van der Waals surface area contributed by atoms with Crippen LogP contribution in [0, 0.1) is 0 Å². The van der Waals surface area contributed by atoms with Gasteiger partial charge in [0.15, 0.2) is 17.1 Å². The average Bonchev–Trinajstić information content (AvgIpc) is 3.04. The van der Waals surface area contributed by atoms with Gasteiger partial charge in [-0.25, -0.2) is 5.43 Å². The van der Waals surface area contributed by atoms with Crippen LogP contribution in [-0.2, 0) is 0 Å². The summed E-state index contributed by atoms with van der Waals surface area (Å²) in [5, 5.41) is 5.00. The fourth-order valence-electron chi connectivity index (χ4n) is 2.13. The van der Waals surface area contributed by atoms with Crippen LogP contribution in [-0.4, -0.2) is 23.7 Å². The summed E-state index contributed by atoms with van der Waals surface area (Å²) in [6.45, 7) is 1.76. The molecular weight excluding hydrogens is 294 g/mol. The summed E-state index contributed by atoms with van der Waals surface area (Å²) in [7, 11) is 1.59. The Bertz CT molecular complexity index is 869. The normalized spacial score (nSPS) is 11.5. The number of fused-ring (bicyclic) bond motifs is 1. The van der Waals surface area contributed by atoms with Crippen LogP contribution < -0.4 is 10.2 Å². The molecule has 1 amide bonds. The SMILES string of the molecule is COc1cccc2cc(/C(C)=N\NC(=O)c3ccncc3)oc12. The highest BCUT2D eigenvalue weighted by Crippen LogP contribution is 2.28. The van der Waals surface area contributed by atoms with Crippen molar-refractivity contribution in [1.29, 1.82) is 0 Å². The predicted octanol–water partition coefficient (Wildman–Crippen LogP) is 2.99. The molecule has 0 saturated heterocycles. The van der Waals surface area contributed by atoms with Crippen LogP contribution in [0.2, 0.25) is 0 Å². The number of ether oxygens (including phenoxy) is 1. The van der Waals surface area contributed by atoms with Crippen molar-refractivity contribution in [2.24, 2.45) is 5.10 Å². The molecule has 6 heteroatoms. The van der Waals surface area contributed by atoms with Gasteiger partial charge >= 0.3 is 0 Å². The Morgan fingerprint density at radius 2 is 2.04 bits per heavy atom. The molecule has 2 heterocycles. The quantitative estimate of drug-likeness (QED) is 0.593. The first-order valence-electron chi connectivity index (χ1n) is 7.00. The van der Waals surface area contributed by atoms with E-state index in [1.54, 1.807) is 38.6 Å². The van der Waals surface area contributed by atoms with Crippen molar-refractivity contribution in [2.75, 3.05) is 7.11 Å². The maximum atomic E-state index is 12.0. The number of carbonyl (C=O) groups is 1. The summed E-state index contributed by atoms with van der Waals surface area (Å²) in [6, 6.07) is 10.7. The number of aromatic nitrogens is 1. The van der Waals surface area contributed by atoms with E-state index < -0.39 is 0 Å². The number of carbonyl (C=O) groups excluding carboxylic acids is 1. The molecule has 3 aromatic rings. The van der Waals surface area contributed by atoms with Gasteiger partial charge in [-0.3, -0.25) is 9.78 Å². The Hall–Kier alpha value is -3.15. The molecular formula is C17H15N3O3. The highest BCUT2D eigenvalue weighted by molar-refractivity contribution is 6.02. The molecule has 116 valence electrons. The van der Waals surface area contributed by atoms with Crippen molar-refractivity contribution < 1.29 is 13.9 Å². The van der Waals surface area contributed by atoms with E-state index in [0.717, 1.165) is 5.39 Å². The van der Waals surface area contributed by atoms with Crippen molar-refractivity contribution in [2.45, 2.75) is 6.92 Å². The fraction of sp³-hybridized carbons (Fsp3) is 0.118. The summed E-state index contributed by atoms with van der Waals surface area (Å²) in [5.74, 6) is 0.919. The number of methoxy groups -OCH3 is 1. The molecule has 0 unspecified atom stereocenters. The van der Waals surface area contributed by atoms with E-state index in [2.05, 4.69) is 15.5 Å². The number of furan rings is 1. The monoisotopic (exact) mass is 309 g/mol. The molecule has 0 aliphatic heterocycles. The van der Waals surface area contributed by atoms with Gasteiger partial charge in [0.1, 0.15) is 5.71 Å². The van der Waals surface area contributed by atoms with Gasteiger partial charge in [-0.05, 0) is 31.2 Å². The first-order valence-corrected chi connectivity index (χ1v) is 7.00. The van der Waals surface area contributed by atoms with Crippen LogP contribution >= 0.6 is 0 Å². The summed E-state index contributed by atoms with van der Waals surface area (Å²) in [6.07, 6.45) is 3.11. The van der Waals surface area contributed by atoms with Crippen LogP contribution in [0.4, 0.5) is 0 Å². The molecule has 0 spiro atoms. The zero-order valence-corrected chi connectivity index (χ0v) is 12.7.